The quantitative estimate of drug-likeness (QED) is 0.505. The van der Waals surface area contributed by atoms with Crippen LogP contribution in [0.3, 0.4) is 0 Å². The second-order valence-corrected chi connectivity index (χ2v) is 9.32. The van der Waals surface area contributed by atoms with Crippen LogP contribution in [-0.2, 0) is 20.2 Å². The molecule has 4 heteroatoms. The van der Waals surface area contributed by atoms with Crippen molar-refractivity contribution >= 4 is 8.56 Å². The molecule has 0 amide bonds. The van der Waals surface area contributed by atoms with E-state index in [1.54, 1.807) is 14.2 Å². The molecular weight excluding hydrogens is 292 g/mol. The van der Waals surface area contributed by atoms with Gasteiger partial charge >= 0.3 is 8.56 Å². The molecule has 0 atom stereocenters. The van der Waals surface area contributed by atoms with Gasteiger partial charge in [0.2, 0.25) is 0 Å². The van der Waals surface area contributed by atoms with Crippen LogP contribution in [0.2, 0.25) is 12.6 Å². The lowest BCUT2D eigenvalue weighted by atomic mass is 10.00. The molecule has 0 unspecified atom stereocenters. The van der Waals surface area contributed by atoms with Gasteiger partial charge in [0, 0.05) is 26.7 Å². The lowest BCUT2D eigenvalue weighted by Crippen LogP contribution is -2.36. The van der Waals surface area contributed by atoms with Gasteiger partial charge in [-0.1, -0.05) is 48.6 Å². The molecule has 3 nitrogen and oxygen atoms in total. The zero-order valence-electron chi connectivity index (χ0n) is 13.7. The molecule has 0 bridgehead atoms. The van der Waals surface area contributed by atoms with Gasteiger partial charge < -0.3 is 13.6 Å². The van der Waals surface area contributed by atoms with Gasteiger partial charge in [-0.15, -0.1) is 0 Å². The summed E-state index contributed by atoms with van der Waals surface area (Å²) in [6, 6.07) is 9.63. The molecule has 120 valence electrons. The molecule has 0 radical (unpaired) electrons. The fourth-order valence-corrected chi connectivity index (χ4v) is 3.82. The van der Waals surface area contributed by atoms with E-state index in [1.165, 1.54) is 11.1 Å². The zero-order chi connectivity index (χ0) is 15.8. The maximum Gasteiger partial charge on any atom is 0.334 e. The third kappa shape index (κ3) is 4.92. The van der Waals surface area contributed by atoms with Crippen LogP contribution < -0.4 is 0 Å². The van der Waals surface area contributed by atoms with Crippen molar-refractivity contribution in [2.45, 2.75) is 31.5 Å². The Labute approximate surface area is 134 Å². The van der Waals surface area contributed by atoms with Crippen LogP contribution in [-0.4, -0.2) is 29.4 Å². The Morgan fingerprint density at radius 2 is 1.64 bits per heavy atom. The normalized spacial score (nSPS) is 14.9. The number of hydrogen-bond donors (Lipinski definition) is 0. The summed E-state index contributed by atoms with van der Waals surface area (Å²) in [4.78, 5) is 0. The van der Waals surface area contributed by atoms with E-state index in [-0.39, 0.29) is 0 Å². The molecule has 0 aromatic heterocycles. The van der Waals surface area contributed by atoms with E-state index in [9.17, 15) is 0 Å². The largest absolute Gasteiger partial charge is 0.398 e. The van der Waals surface area contributed by atoms with Gasteiger partial charge in [-0.3, -0.25) is 0 Å². The first-order chi connectivity index (χ1) is 10.7. The highest BCUT2D eigenvalue weighted by Gasteiger charge is 2.27. The van der Waals surface area contributed by atoms with Gasteiger partial charge in [-0.05, 0) is 30.1 Å². The Kier molecular flexibility index (Phi) is 6.58. The fourth-order valence-electron chi connectivity index (χ4n) is 2.46. The summed E-state index contributed by atoms with van der Waals surface area (Å²) in [5.41, 5.74) is 2.55. The van der Waals surface area contributed by atoms with Crippen molar-refractivity contribution in [3.05, 3.63) is 59.7 Å². The van der Waals surface area contributed by atoms with Crippen LogP contribution in [0, 0.1) is 0 Å². The Morgan fingerprint density at radius 1 is 1.00 bits per heavy atom. The highest BCUT2D eigenvalue weighted by Crippen LogP contribution is 2.23. The van der Waals surface area contributed by atoms with Crippen molar-refractivity contribution in [1.82, 2.24) is 0 Å². The maximum atomic E-state index is 5.75. The van der Waals surface area contributed by atoms with E-state index in [0.29, 0.717) is 12.5 Å². The van der Waals surface area contributed by atoms with E-state index < -0.39 is 8.56 Å². The van der Waals surface area contributed by atoms with Crippen molar-refractivity contribution in [3.63, 3.8) is 0 Å². The molecule has 1 aromatic rings. The Balaban J connectivity index is 1.69. The van der Waals surface area contributed by atoms with E-state index in [2.05, 4.69) is 55.1 Å². The van der Waals surface area contributed by atoms with Crippen molar-refractivity contribution in [3.8, 4) is 0 Å². The molecule has 2 rings (SSSR count). The van der Waals surface area contributed by atoms with Crippen LogP contribution in [0.5, 0.6) is 0 Å². The number of allylic oxidation sites excluding steroid dienone is 4. The van der Waals surface area contributed by atoms with Gasteiger partial charge in [-0.25, -0.2) is 0 Å². The predicted octanol–water partition coefficient (Wildman–Crippen LogP) is 4.17. The zero-order valence-corrected chi connectivity index (χ0v) is 14.7. The van der Waals surface area contributed by atoms with Gasteiger partial charge in [0.25, 0.3) is 0 Å². The second kappa shape index (κ2) is 8.43. The summed E-state index contributed by atoms with van der Waals surface area (Å²) in [6.07, 6.45) is 9.58. The Morgan fingerprint density at radius 3 is 2.23 bits per heavy atom. The van der Waals surface area contributed by atoms with E-state index >= 15 is 0 Å². The first kappa shape index (κ1) is 17.2. The molecule has 0 aliphatic heterocycles. The number of ether oxygens (including phenoxy) is 1. The monoisotopic (exact) mass is 318 g/mol. The Hall–Kier alpha value is -1.20. The lowest BCUT2D eigenvalue weighted by molar-refractivity contribution is 0.118. The molecule has 0 fully saturated rings. The van der Waals surface area contributed by atoms with Crippen LogP contribution in [0.15, 0.2) is 48.6 Å². The summed E-state index contributed by atoms with van der Waals surface area (Å²) in [6.45, 7) is 3.48. The molecule has 1 aromatic carbocycles. The maximum absolute atomic E-state index is 5.75. The number of rotatable bonds is 9. The molecule has 0 saturated heterocycles. The summed E-state index contributed by atoms with van der Waals surface area (Å²) in [7, 11) is 1.52. The highest BCUT2D eigenvalue weighted by atomic mass is 28.4. The lowest BCUT2D eigenvalue weighted by Gasteiger charge is -2.22. The smallest absolute Gasteiger partial charge is 0.334 e. The summed E-state index contributed by atoms with van der Waals surface area (Å²) >= 11 is 0. The van der Waals surface area contributed by atoms with Gasteiger partial charge in [0.15, 0.2) is 0 Å². The molecular formula is C18H26O3Si. The van der Waals surface area contributed by atoms with Gasteiger partial charge in [-0.2, -0.15) is 0 Å². The average Bonchev–Trinajstić information content (AvgIpc) is 3.09. The second-order valence-electron chi connectivity index (χ2n) is 5.74. The SMILES string of the molecule is CO[Si](C)(CCCOCc1ccc(C2C=CC=C2)cc1)OC. The Bertz CT molecular complexity index is 492. The highest BCUT2D eigenvalue weighted by molar-refractivity contribution is 6.65. The third-order valence-corrected chi connectivity index (χ3v) is 7.15. The summed E-state index contributed by atoms with van der Waals surface area (Å²) < 4.78 is 16.7. The minimum Gasteiger partial charge on any atom is -0.398 e. The number of benzene rings is 1. The average molecular weight is 318 g/mol. The van der Waals surface area contributed by atoms with E-state index in [0.717, 1.165) is 19.1 Å². The summed E-state index contributed by atoms with van der Waals surface area (Å²) in [5.74, 6) is 0.431. The topological polar surface area (TPSA) is 27.7 Å². The van der Waals surface area contributed by atoms with E-state index in [4.69, 9.17) is 13.6 Å². The standard InChI is InChI=1S/C18H26O3Si/c1-19-22(3,20-2)14-6-13-21-15-16-9-11-18(12-10-16)17-7-4-5-8-17/h4-5,7-12,17H,6,13-15H2,1-3H3. The first-order valence-electron chi connectivity index (χ1n) is 7.79. The molecule has 0 saturated carbocycles. The summed E-state index contributed by atoms with van der Waals surface area (Å²) in [5, 5.41) is 0. The van der Waals surface area contributed by atoms with Gasteiger partial charge in [0.05, 0.1) is 6.61 Å². The molecule has 0 spiro atoms. The molecule has 1 aliphatic rings. The van der Waals surface area contributed by atoms with Crippen molar-refractivity contribution in [2.75, 3.05) is 20.8 Å². The fraction of sp³-hybridized carbons (Fsp3) is 0.444. The molecule has 1 aliphatic carbocycles. The first-order valence-corrected chi connectivity index (χ1v) is 10.3. The van der Waals surface area contributed by atoms with Crippen molar-refractivity contribution in [1.29, 1.82) is 0 Å². The van der Waals surface area contributed by atoms with Crippen molar-refractivity contribution in [2.24, 2.45) is 0 Å². The van der Waals surface area contributed by atoms with Crippen molar-refractivity contribution < 1.29 is 13.6 Å². The van der Waals surface area contributed by atoms with E-state index in [1.807, 2.05) is 0 Å². The van der Waals surface area contributed by atoms with Crippen LogP contribution >= 0.6 is 0 Å². The molecule has 0 heterocycles. The third-order valence-electron chi connectivity index (χ3n) is 4.16. The minimum atomic E-state index is -1.94. The molecule has 22 heavy (non-hydrogen) atoms. The number of hydrogen-bond acceptors (Lipinski definition) is 3. The predicted molar refractivity (Wildman–Crippen MR) is 92.2 cm³/mol. The van der Waals surface area contributed by atoms with Crippen LogP contribution in [0.1, 0.15) is 23.5 Å². The minimum absolute atomic E-state index is 0.431. The van der Waals surface area contributed by atoms with Crippen LogP contribution in [0.4, 0.5) is 0 Å². The van der Waals surface area contributed by atoms with Gasteiger partial charge in [0.1, 0.15) is 0 Å². The molecule has 0 N–H and O–H groups in total. The van der Waals surface area contributed by atoms with Crippen LogP contribution in [0.25, 0.3) is 0 Å².